The Morgan fingerprint density at radius 1 is 0.422 bits per heavy atom. The van der Waals surface area contributed by atoms with Gasteiger partial charge in [0.05, 0.1) is 49.9 Å². The first kappa shape index (κ1) is 99.6. The van der Waals surface area contributed by atoms with Gasteiger partial charge in [0.25, 0.3) is 0 Å². The molecule has 5 aromatic carbocycles. The number of hydrogen-bond acceptors (Lipinski definition) is 21. The second kappa shape index (κ2) is 43.2. The molecule has 0 saturated carbocycles. The smallest absolute Gasteiger partial charge is 0.338 e. The number of piperidine rings is 3. The lowest BCUT2D eigenvalue weighted by Crippen LogP contribution is -2.35. The van der Waals surface area contributed by atoms with Crippen LogP contribution < -0.4 is 25.7 Å². The number of benzene rings is 5. The van der Waals surface area contributed by atoms with Crippen molar-refractivity contribution in [1.29, 1.82) is 0 Å². The van der Waals surface area contributed by atoms with Crippen LogP contribution in [-0.4, -0.2) is 157 Å². The Balaban J connectivity index is 0.000000148. The number of nitrogens with two attached hydrogens (primary N) is 1. The molecule has 33 heteroatoms. The third kappa shape index (κ3) is 24.8. The zero-order valence-corrected chi connectivity index (χ0v) is 80.4. The van der Waals surface area contributed by atoms with E-state index in [0.717, 1.165) is 138 Å². The van der Waals surface area contributed by atoms with Gasteiger partial charge in [-0.15, -0.1) is 0 Å². The van der Waals surface area contributed by atoms with Crippen LogP contribution in [0.3, 0.4) is 0 Å². The molecule has 708 valence electrons. The summed E-state index contributed by atoms with van der Waals surface area (Å²) in [6.07, 6.45) is 27.3. The lowest BCUT2D eigenvalue weighted by molar-refractivity contribution is 0.00566. The molecule has 0 aliphatic carbocycles. The number of rotatable bonds is 18. The Bertz CT molecular complexity index is 6450. The van der Waals surface area contributed by atoms with Crippen molar-refractivity contribution < 1.29 is 55.3 Å². The molecule has 14 aromatic rings. The predicted octanol–water partition coefficient (Wildman–Crippen LogP) is 21.5. The van der Waals surface area contributed by atoms with E-state index in [9.17, 15) is 31.9 Å². The van der Waals surface area contributed by atoms with E-state index in [1.54, 1.807) is 41.5 Å². The summed E-state index contributed by atoms with van der Waals surface area (Å²) in [6, 6.07) is 31.7. The molecule has 3 fully saturated rings. The van der Waals surface area contributed by atoms with Gasteiger partial charge in [-0.25, -0.2) is 101 Å². The average molecular weight is 1880 g/mol. The third-order valence-electron chi connectivity index (χ3n) is 23.4. The van der Waals surface area contributed by atoms with Crippen LogP contribution in [0, 0.1) is 34.9 Å². The summed E-state index contributed by atoms with van der Waals surface area (Å²) in [5.41, 5.74) is 13.0. The fourth-order valence-electron chi connectivity index (χ4n) is 17.0. The van der Waals surface area contributed by atoms with Gasteiger partial charge in [0.15, 0.2) is 17.5 Å². The van der Waals surface area contributed by atoms with E-state index in [1.165, 1.54) is 90.4 Å². The van der Waals surface area contributed by atoms with Gasteiger partial charge in [-0.3, -0.25) is 0 Å². The highest BCUT2D eigenvalue weighted by Crippen LogP contribution is 2.59. The fraction of sp³-hybridized carbons (Fsp3) is 0.382. The first-order valence-corrected chi connectivity index (χ1v) is 47.1. The van der Waals surface area contributed by atoms with Crippen LogP contribution in [-0.2, 0) is 41.6 Å². The maximum atomic E-state index is 15.3. The van der Waals surface area contributed by atoms with Crippen molar-refractivity contribution in [2.75, 3.05) is 59.7 Å². The maximum absolute atomic E-state index is 15.3. The van der Waals surface area contributed by atoms with Crippen LogP contribution in [0.5, 0.6) is 0 Å². The van der Waals surface area contributed by atoms with Gasteiger partial charge in [0, 0.05) is 126 Å². The summed E-state index contributed by atoms with van der Waals surface area (Å²) in [5, 5.41) is 12.2. The zero-order valence-electron chi connectivity index (χ0n) is 78.8. The third-order valence-corrected chi connectivity index (χ3v) is 27.3. The van der Waals surface area contributed by atoms with Gasteiger partial charge in [0.1, 0.15) is 69.7 Å². The van der Waals surface area contributed by atoms with Crippen LogP contribution >= 0.6 is 19.5 Å². The summed E-state index contributed by atoms with van der Waals surface area (Å²) >= 11 is 6.01. The van der Waals surface area contributed by atoms with E-state index in [1.807, 2.05) is 50.9 Å². The number of ether oxygens (including phenoxy) is 2. The summed E-state index contributed by atoms with van der Waals surface area (Å²) in [6.45, 7) is 35.6. The molecular formula is C102H115ClF6N19O6P. The Kier molecular flexibility index (Phi) is 31.9. The van der Waals surface area contributed by atoms with Crippen LogP contribution in [0.15, 0.2) is 184 Å². The van der Waals surface area contributed by atoms with Crippen molar-refractivity contribution in [3.63, 3.8) is 0 Å². The minimum Gasteiger partial charge on any atom is -0.478 e. The van der Waals surface area contributed by atoms with Gasteiger partial charge in [0.2, 0.25) is 17.8 Å². The van der Waals surface area contributed by atoms with E-state index in [-0.39, 0.29) is 88.6 Å². The molecule has 0 radical (unpaired) electrons. The monoisotopic (exact) mass is 1880 g/mol. The molecule has 12 heterocycles. The number of aromatic carboxylic acids is 1. The molecule has 17 rings (SSSR count). The maximum Gasteiger partial charge on any atom is 0.338 e. The van der Waals surface area contributed by atoms with Crippen molar-refractivity contribution in [3.8, 4) is 11.1 Å². The molecule has 0 spiro atoms. The van der Waals surface area contributed by atoms with E-state index in [0.29, 0.717) is 61.5 Å². The number of anilines is 4. The fourth-order valence-corrected chi connectivity index (χ4v) is 21.4. The molecule has 0 unspecified atom stereocenters. The lowest BCUT2D eigenvalue weighted by Gasteiger charge is -2.42. The van der Waals surface area contributed by atoms with Crippen LogP contribution in [0.25, 0.3) is 44.2 Å². The van der Waals surface area contributed by atoms with Crippen molar-refractivity contribution in [2.24, 2.45) is 0 Å². The van der Waals surface area contributed by atoms with Crippen LogP contribution in [0.4, 0.5) is 49.9 Å². The highest BCUT2D eigenvalue weighted by atomic mass is 35.5. The number of halogens is 7. The second-order valence-corrected chi connectivity index (χ2v) is 41.7. The quantitative estimate of drug-likeness (QED) is 0.0265. The number of aromatic nitrogens is 15. The Morgan fingerprint density at radius 3 is 1.13 bits per heavy atom. The largest absolute Gasteiger partial charge is 0.478 e. The standard InChI is InChI=1S/C29H32F2N6O2.C25H24F2N6O2.C20H27P.C17H18ClFN6.C11H14FNO2/c1-5-18-14-32-28(33-15-18)36-10-8-21(9-11-36)37-16-23(31)25-24(34-17-35-26(25)37)13-19-6-7-20(12-22(19)30)27(38)39-29(2,3)4;1-2-15-11-28-25(29-12-15)32-7-5-18(6-8-32)33-13-20(27)22-21(30-14-31-23(22)33)10-16-3-4-17(24(34)35)9-19(16)26;1-19(2,3)21(20(4,5)6)18-15-11-10-14-17(18)16-12-8-7-9-13-16;1-2-11-7-20-17(21-8-11)24-5-3-12(4-6-24)25-9-13(19)14-15(18)22-10-23-16(14)25;1-11(2,3)15-10(14)7-4-5-9(13)8(12)6-7/h6-7,12,14-17,21H,5,8-11,13H2,1-4H3;3-4,9,11-14,18H,2,5-8,10H2,1H3,(H,34,35);7-15H,1-6H3;7-10,12H,2-6H2,1H3;4-6H,13H2,1-3H3. The Hall–Kier alpha value is -12.9. The van der Waals surface area contributed by atoms with E-state index >= 15 is 8.78 Å². The van der Waals surface area contributed by atoms with Gasteiger partial charge in [-0.05, 0) is 196 Å². The SMILES string of the molecule is CC(C)(C)OC(=O)c1ccc(N)c(F)c1.CC(C)(C)P(c1ccccc1-c1ccccc1)C(C)(C)C.CCc1cnc(N2CCC(n3cc(F)c4c(Cc5ccc(C(=O)O)cc5F)ncnc43)CC2)nc1.CCc1cnc(N2CCC(n3cc(F)c4c(Cc5ccc(C(=O)OC(C)(C)C)cc5F)ncnc43)CC2)nc1.CCc1cnc(N2CCC(n3cc(F)c4c(Cl)ncnc43)CC2)nc1. The van der Waals surface area contributed by atoms with Crippen molar-refractivity contribution in [1.82, 2.24) is 73.5 Å². The molecule has 0 bridgehead atoms. The molecule has 3 aliphatic heterocycles. The summed E-state index contributed by atoms with van der Waals surface area (Å²) in [5.74, 6) is -3.33. The van der Waals surface area contributed by atoms with E-state index in [2.05, 4.69) is 191 Å². The molecular weight excluding hydrogens is 1770 g/mol. The summed E-state index contributed by atoms with van der Waals surface area (Å²) < 4.78 is 103. The van der Waals surface area contributed by atoms with Gasteiger partial charge in [-0.1, -0.05) is 149 Å². The van der Waals surface area contributed by atoms with Crippen molar-refractivity contribution in [3.05, 3.63) is 280 Å². The second-order valence-electron chi connectivity index (χ2n) is 37.5. The number of carboxylic acid groups (broad SMARTS) is 1. The molecule has 3 N–H and O–H groups in total. The highest BCUT2D eigenvalue weighted by Gasteiger charge is 2.38. The molecule has 3 saturated heterocycles. The minimum atomic E-state index is -1.21. The molecule has 9 aromatic heterocycles. The first-order chi connectivity index (χ1) is 64.2. The van der Waals surface area contributed by atoms with Gasteiger partial charge < -0.3 is 48.7 Å². The molecule has 3 aliphatic rings. The number of fused-ring (bicyclic) bond motifs is 3. The number of esters is 2. The van der Waals surface area contributed by atoms with Crippen LogP contribution in [0.1, 0.15) is 231 Å². The topological polar surface area (TPSA) is 295 Å². The van der Waals surface area contributed by atoms with E-state index < -0.39 is 58.2 Å². The number of nitrogens with zero attached hydrogens (tertiary/aromatic N) is 18. The Labute approximate surface area is 788 Å². The molecule has 135 heavy (non-hydrogen) atoms. The number of carbonyl (C=O) groups excluding carboxylic acids is 2. The van der Waals surface area contributed by atoms with Crippen molar-refractivity contribution >= 4 is 99.4 Å². The van der Waals surface area contributed by atoms with E-state index in [4.69, 9.17) is 31.9 Å². The number of nitrogen functional groups attached to an aromatic ring is 1. The zero-order chi connectivity index (χ0) is 97.0. The Morgan fingerprint density at radius 2 is 0.763 bits per heavy atom. The summed E-state index contributed by atoms with van der Waals surface area (Å²) in [7, 11) is -0.282. The molecule has 0 amide bonds. The van der Waals surface area contributed by atoms with Crippen LogP contribution in [0.2, 0.25) is 5.15 Å². The first-order valence-electron chi connectivity index (χ1n) is 45.4. The highest BCUT2D eigenvalue weighted by molar-refractivity contribution is 7.68. The molecule has 0 atom stereocenters. The van der Waals surface area contributed by atoms with Gasteiger partial charge in [-0.2, -0.15) is 0 Å². The summed E-state index contributed by atoms with van der Waals surface area (Å²) in [4.78, 5) is 93.4. The number of aryl methyl sites for hydroxylation is 3. The molecule has 25 nitrogen and oxygen atoms in total. The minimum absolute atomic E-state index is 0.0160. The lowest BCUT2D eigenvalue weighted by atomic mass is 10.0. The normalized spacial score (nSPS) is 14.2. The predicted molar refractivity (Wildman–Crippen MR) is 518 cm³/mol. The number of carbonyl (C=O) groups is 3. The number of hydrogen-bond donors (Lipinski definition) is 2. The van der Waals surface area contributed by atoms with Crippen molar-refractivity contribution in [2.45, 2.75) is 214 Å². The van der Waals surface area contributed by atoms with Gasteiger partial charge >= 0.3 is 17.9 Å². The average Bonchev–Trinajstić information content (AvgIpc) is 1.27. The number of carboxylic acids is 1.